The molecule has 176 valence electrons. The molecule has 0 saturated carbocycles. The number of hydrogen-bond acceptors (Lipinski definition) is 6. The number of nitrogens with one attached hydrogen (secondary N) is 1. The van der Waals surface area contributed by atoms with Gasteiger partial charge in [-0.25, -0.2) is 14.5 Å². The molecule has 2 heterocycles. The first kappa shape index (κ1) is 23.6. The van der Waals surface area contributed by atoms with Gasteiger partial charge in [0.25, 0.3) is 0 Å². The van der Waals surface area contributed by atoms with Crippen LogP contribution in [0, 0.1) is 13.8 Å². The van der Waals surface area contributed by atoms with Crippen molar-refractivity contribution in [2.75, 3.05) is 17.7 Å². The van der Waals surface area contributed by atoms with Crippen molar-refractivity contribution < 1.29 is 14.3 Å². The average molecular weight is 478 g/mol. The third kappa shape index (κ3) is 4.70. The molecule has 0 saturated heterocycles. The normalized spacial score (nSPS) is 11.1. The minimum atomic E-state index is -0.370. The zero-order valence-electron chi connectivity index (χ0n) is 19.7. The Morgan fingerprint density at radius 2 is 1.85 bits per heavy atom. The Labute approximate surface area is 202 Å². The molecule has 0 spiro atoms. The third-order valence-corrected chi connectivity index (χ3v) is 6.41. The van der Waals surface area contributed by atoms with Gasteiger partial charge >= 0.3 is 5.97 Å². The van der Waals surface area contributed by atoms with Gasteiger partial charge in [0, 0.05) is 6.54 Å². The Hall–Kier alpha value is -3.59. The number of aryl methyl sites for hydroxylation is 2. The fourth-order valence-electron chi connectivity index (χ4n) is 3.81. The largest absolute Gasteiger partial charge is 0.462 e. The summed E-state index contributed by atoms with van der Waals surface area (Å²) in [5.74, 6) is -0.305. The third-order valence-electron chi connectivity index (χ3n) is 5.43. The molecule has 0 aliphatic carbocycles. The Morgan fingerprint density at radius 1 is 1.09 bits per heavy atom. The van der Waals surface area contributed by atoms with Crippen LogP contribution in [-0.4, -0.2) is 43.6 Å². The van der Waals surface area contributed by atoms with Gasteiger partial charge in [-0.1, -0.05) is 30.0 Å². The zero-order chi connectivity index (χ0) is 24.2. The number of nitrogens with zero attached hydrogens (tertiary/aromatic N) is 4. The molecule has 0 fully saturated rings. The SMILES string of the molecule is CCOC(=O)c1ccc2c(c1)nc(SCC(=O)Nc1c(C)nn(-c3ccccc3)c1C)n2CC. The second-order valence-electron chi connectivity index (χ2n) is 7.69. The summed E-state index contributed by atoms with van der Waals surface area (Å²) in [5, 5.41) is 8.32. The van der Waals surface area contributed by atoms with Crippen molar-refractivity contribution in [3.8, 4) is 5.69 Å². The molecule has 1 amide bonds. The van der Waals surface area contributed by atoms with Crippen LogP contribution in [0.3, 0.4) is 0 Å². The van der Waals surface area contributed by atoms with E-state index in [0.717, 1.165) is 33.4 Å². The van der Waals surface area contributed by atoms with E-state index in [-0.39, 0.29) is 17.6 Å². The van der Waals surface area contributed by atoms with Crippen LogP contribution in [0.25, 0.3) is 16.7 Å². The molecule has 2 aromatic carbocycles. The lowest BCUT2D eigenvalue weighted by molar-refractivity contribution is -0.113. The molecule has 1 N–H and O–H groups in total. The first-order valence-electron chi connectivity index (χ1n) is 11.1. The second kappa shape index (κ2) is 10.1. The fourth-order valence-corrected chi connectivity index (χ4v) is 4.69. The molecule has 0 bridgehead atoms. The van der Waals surface area contributed by atoms with Crippen molar-refractivity contribution in [1.82, 2.24) is 19.3 Å². The van der Waals surface area contributed by atoms with Crippen LogP contribution in [0.2, 0.25) is 0 Å². The average Bonchev–Trinajstić information content (AvgIpc) is 3.34. The number of amides is 1. The summed E-state index contributed by atoms with van der Waals surface area (Å²) in [6, 6.07) is 15.2. The molecule has 4 aromatic rings. The molecule has 0 radical (unpaired) electrons. The molecule has 9 heteroatoms. The summed E-state index contributed by atoms with van der Waals surface area (Å²) >= 11 is 1.36. The van der Waals surface area contributed by atoms with E-state index >= 15 is 0 Å². The van der Waals surface area contributed by atoms with Gasteiger partial charge in [-0.3, -0.25) is 4.79 Å². The van der Waals surface area contributed by atoms with Crippen molar-refractivity contribution >= 4 is 40.4 Å². The van der Waals surface area contributed by atoms with Gasteiger partial charge in [-0.05, 0) is 58.0 Å². The summed E-state index contributed by atoms with van der Waals surface area (Å²) < 4.78 is 8.95. The van der Waals surface area contributed by atoms with Crippen molar-refractivity contribution in [2.24, 2.45) is 0 Å². The topological polar surface area (TPSA) is 91.0 Å². The summed E-state index contributed by atoms with van der Waals surface area (Å²) in [5.41, 5.74) is 5.36. The highest BCUT2D eigenvalue weighted by molar-refractivity contribution is 7.99. The number of hydrogen-bond donors (Lipinski definition) is 1. The van der Waals surface area contributed by atoms with Gasteiger partial charge in [-0.2, -0.15) is 5.10 Å². The number of anilines is 1. The van der Waals surface area contributed by atoms with Gasteiger partial charge in [0.15, 0.2) is 5.16 Å². The van der Waals surface area contributed by atoms with Gasteiger partial charge in [-0.15, -0.1) is 0 Å². The minimum absolute atomic E-state index is 0.134. The van der Waals surface area contributed by atoms with E-state index in [2.05, 4.69) is 15.4 Å². The van der Waals surface area contributed by atoms with Crippen LogP contribution in [0.4, 0.5) is 5.69 Å². The number of aromatic nitrogens is 4. The monoisotopic (exact) mass is 477 g/mol. The summed E-state index contributed by atoms with van der Waals surface area (Å²) in [7, 11) is 0. The van der Waals surface area contributed by atoms with Crippen LogP contribution in [0.5, 0.6) is 0 Å². The lowest BCUT2D eigenvalue weighted by Gasteiger charge is -2.08. The quantitative estimate of drug-likeness (QED) is 0.290. The van der Waals surface area contributed by atoms with E-state index in [1.807, 2.05) is 66.4 Å². The molecule has 2 aromatic heterocycles. The predicted octanol–water partition coefficient (Wildman–Crippen LogP) is 4.77. The molecule has 0 aliphatic rings. The van der Waals surface area contributed by atoms with Crippen LogP contribution < -0.4 is 5.32 Å². The maximum Gasteiger partial charge on any atom is 0.338 e. The molecule has 0 unspecified atom stereocenters. The van der Waals surface area contributed by atoms with E-state index in [4.69, 9.17) is 4.74 Å². The van der Waals surface area contributed by atoms with Crippen molar-refractivity contribution in [3.63, 3.8) is 0 Å². The highest BCUT2D eigenvalue weighted by atomic mass is 32.2. The van der Waals surface area contributed by atoms with E-state index in [9.17, 15) is 9.59 Å². The standard InChI is InChI=1S/C25H27N5O3S/c1-5-29-21-13-12-18(24(32)33-6-2)14-20(21)26-25(29)34-15-22(31)27-23-16(3)28-30(17(23)4)19-10-8-7-9-11-19/h7-14H,5-6,15H2,1-4H3,(H,27,31). The minimum Gasteiger partial charge on any atom is -0.462 e. The lowest BCUT2D eigenvalue weighted by Crippen LogP contribution is -2.15. The number of carbonyl (C=O) groups is 2. The zero-order valence-corrected chi connectivity index (χ0v) is 20.5. The molecule has 0 atom stereocenters. The number of thioether (sulfide) groups is 1. The van der Waals surface area contributed by atoms with Gasteiger partial charge in [0.2, 0.25) is 5.91 Å². The van der Waals surface area contributed by atoms with Crippen LogP contribution in [0.1, 0.15) is 35.6 Å². The first-order valence-corrected chi connectivity index (χ1v) is 12.1. The predicted molar refractivity (Wildman–Crippen MR) is 134 cm³/mol. The molecule has 4 rings (SSSR count). The Kier molecular flexibility index (Phi) is 7.02. The van der Waals surface area contributed by atoms with Crippen molar-refractivity contribution in [3.05, 3.63) is 65.5 Å². The smallest absolute Gasteiger partial charge is 0.338 e. The lowest BCUT2D eigenvalue weighted by atomic mass is 10.2. The summed E-state index contributed by atoms with van der Waals surface area (Å²) in [6.07, 6.45) is 0. The molecule has 8 nitrogen and oxygen atoms in total. The van der Waals surface area contributed by atoms with Gasteiger partial charge < -0.3 is 14.6 Å². The number of ether oxygens (including phenoxy) is 1. The number of fused-ring (bicyclic) bond motifs is 1. The van der Waals surface area contributed by atoms with E-state index in [1.165, 1.54) is 11.8 Å². The van der Waals surface area contributed by atoms with Crippen LogP contribution >= 0.6 is 11.8 Å². The summed E-state index contributed by atoms with van der Waals surface area (Å²) in [4.78, 5) is 29.5. The Bertz CT molecular complexity index is 1340. The summed E-state index contributed by atoms with van der Waals surface area (Å²) in [6.45, 7) is 8.63. The van der Waals surface area contributed by atoms with Crippen molar-refractivity contribution in [2.45, 2.75) is 39.4 Å². The van der Waals surface area contributed by atoms with E-state index in [0.29, 0.717) is 24.2 Å². The molecular weight excluding hydrogens is 450 g/mol. The number of para-hydroxylation sites is 1. The molecule has 0 aliphatic heterocycles. The number of benzene rings is 2. The highest BCUT2D eigenvalue weighted by Gasteiger charge is 2.18. The van der Waals surface area contributed by atoms with E-state index in [1.54, 1.807) is 19.1 Å². The van der Waals surface area contributed by atoms with Crippen LogP contribution in [-0.2, 0) is 16.1 Å². The Balaban J connectivity index is 1.49. The number of esters is 1. The second-order valence-corrected chi connectivity index (χ2v) is 8.64. The fraction of sp³-hybridized carbons (Fsp3) is 0.280. The highest BCUT2D eigenvalue weighted by Crippen LogP contribution is 2.27. The number of carbonyl (C=O) groups excluding carboxylic acids is 2. The number of rotatable bonds is 8. The maximum absolute atomic E-state index is 12.8. The van der Waals surface area contributed by atoms with E-state index < -0.39 is 0 Å². The van der Waals surface area contributed by atoms with Gasteiger partial charge in [0.05, 0.1) is 51.7 Å². The molecular formula is C25H27N5O3S. The Morgan fingerprint density at radius 3 is 2.56 bits per heavy atom. The maximum atomic E-state index is 12.8. The van der Waals surface area contributed by atoms with Gasteiger partial charge in [0.1, 0.15) is 0 Å². The molecule has 34 heavy (non-hydrogen) atoms. The first-order chi connectivity index (χ1) is 16.4. The van der Waals surface area contributed by atoms with Crippen LogP contribution in [0.15, 0.2) is 53.7 Å². The number of imidazole rings is 1. The van der Waals surface area contributed by atoms with Crippen molar-refractivity contribution in [1.29, 1.82) is 0 Å².